The fourth-order valence-electron chi connectivity index (χ4n) is 3.26. The summed E-state index contributed by atoms with van der Waals surface area (Å²) in [7, 11) is 0. The third-order valence-electron chi connectivity index (χ3n) is 4.58. The molecule has 3 aromatic rings. The first-order valence-electron chi connectivity index (χ1n) is 9.13. The number of nitrogens with one attached hydrogen (secondary N) is 2. The highest BCUT2D eigenvalue weighted by molar-refractivity contribution is 6.03. The molecule has 0 atom stereocenters. The maximum Gasteiger partial charge on any atom is 0.292 e. The van der Waals surface area contributed by atoms with Gasteiger partial charge >= 0.3 is 0 Å². The topological polar surface area (TPSA) is 115 Å². The number of rotatable bonds is 5. The van der Waals surface area contributed by atoms with Crippen LogP contribution in [0.25, 0.3) is 0 Å². The molecule has 0 saturated carbocycles. The lowest BCUT2D eigenvalue weighted by Gasteiger charge is -2.16. The molecule has 0 fully saturated rings. The first kappa shape index (κ1) is 17.9. The minimum Gasteiger partial charge on any atom is -0.360 e. The second-order valence-corrected chi connectivity index (χ2v) is 6.66. The summed E-state index contributed by atoms with van der Waals surface area (Å²) in [6.07, 6.45) is 5.97. The normalized spacial score (nSPS) is 13.0. The van der Waals surface area contributed by atoms with Gasteiger partial charge in [0.25, 0.3) is 11.8 Å². The highest BCUT2D eigenvalue weighted by Crippen LogP contribution is 2.22. The Morgan fingerprint density at radius 3 is 2.93 bits per heavy atom. The Morgan fingerprint density at radius 2 is 2.18 bits per heavy atom. The fourth-order valence-corrected chi connectivity index (χ4v) is 3.26. The van der Waals surface area contributed by atoms with E-state index in [0.29, 0.717) is 36.8 Å². The predicted molar refractivity (Wildman–Crippen MR) is 99.8 cm³/mol. The second kappa shape index (κ2) is 7.63. The van der Waals surface area contributed by atoms with Crippen LogP contribution in [0.1, 0.15) is 51.0 Å². The number of anilines is 1. The molecule has 2 N–H and O–H groups in total. The quantitative estimate of drug-likeness (QED) is 0.700. The van der Waals surface area contributed by atoms with E-state index in [-0.39, 0.29) is 11.7 Å². The Hall–Kier alpha value is -3.49. The van der Waals surface area contributed by atoms with Crippen LogP contribution in [0.3, 0.4) is 0 Å². The molecule has 9 nitrogen and oxygen atoms in total. The maximum atomic E-state index is 12.7. The van der Waals surface area contributed by atoms with Gasteiger partial charge in [-0.3, -0.25) is 14.6 Å². The second-order valence-electron chi connectivity index (χ2n) is 6.66. The third kappa shape index (κ3) is 3.64. The molecule has 0 unspecified atom stereocenters. The number of amides is 2. The van der Waals surface area contributed by atoms with Crippen molar-refractivity contribution in [2.45, 2.75) is 39.3 Å². The van der Waals surface area contributed by atoms with Crippen LogP contribution in [0.5, 0.6) is 0 Å². The van der Waals surface area contributed by atoms with E-state index < -0.39 is 5.91 Å². The molecule has 0 aliphatic carbocycles. The molecule has 0 radical (unpaired) electrons. The molecular formula is C19H20N6O3. The Labute approximate surface area is 161 Å². The van der Waals surface area contributed by atoms with E-state index in [1.165, 1.54) is 0 Å². The number of fused-ring (bicyclic) bond motifs is 1. The van der Waals surface area contributed by atoms with Crippen molar-refractivity contribution in [3.63, 3.8) is 0 Å². The van der Waals surface area contributed by atoms with Gasteiger partial charge in [0, 0.05) is 31.5 Å². The van der Waals surface area contributed by atoms with E-state index in [9.17, 15) is 9.59 Å². The Bertz CT molecular complexity index is 1010. The number of hydrogen-bond acceptors (Lipinski definition) is 6. The summed E-state index contributed by atoms with van der Waals surface area (Å²) in [4.78, 5) is 33.8. The van der Waals surface area contributed by atoms with Gasteiger partial charge in [-0.05, 0) is 37.8 Å². The molecule has 2 amide bonds. The number of imidazole rings is 1. The lowest BCUT2D eigenvalue weighted by Crippen LogP contribution is -2.25. The van der Waals surface area contributed by atoms with Crippen LogP contribution >= 0.6 is 0 Å². The zero-order chi connectivity index (χ0) is 19.5. The van der Waals surface area contributed by atoms with Gasteiger partial charge in [0.2, 0.25) is 0 Å². The van der Waals surface area contributed by atoms with Crippen LogP contribution in [0, 0.1) is 6.92 Å². The Balaban J connectivity index is 1.56. The summed E-state index contributed by atoms with van der Waals surface area (Å²) in [6.45, 7) is 2.74. The van der Waals surface area contributed by atoms with Crippen molar-refractivity contribution in [1.29, 1.82) is 0 Å². The molecule has 144 valence electrons. The van der Waals surface area contributed by atoms with Gasteiger partial charge in [-0.2, -0.15) is 0 Å². The summed E-state index contributed by atoms with van der Waals surface area (Å²) in [5, 5.41) is 9.30. The van der Waals surface area contributed by atoms with Gasteiger partial charge in [-0.1, -0.05) is 11.2 Å². The maximum absolute atomic E-state index is 12.7. The summed E-state index contributed by atoms with van der Waals surface area (Å²) in [5.41, 5.74) is 1.98. The van der Waals surface area contributed by atoms with Crippen molar-refractivity contribution in [1.82, 2.24) is 25.0 Å². The van der Waals surface area contributed by atoms with Crippen molar-refractivity contribution in [3.8, 4) is 0 Å². The summed E-state index contributed by atoms with van der Waals surface area (Å²) in [6, 6.07) is 5.32. The van der Waals surface area contributed by atoms with Crippen LogP contribution in [0.4, 0.5) is 5.82 Å². The van der Waals surface area contributed by atoms with Crippen LogP contribution in [-0.2, 0) is 19.5 Å². The monoisotopic (exact) mass is 380 g/mol. The van der Waals surface area contributed by atoms with Crippen molar-refractivity contribution >= 4 is 17.6 Å². The van der Waals surface area contributed by atoms with Gasteiger partial charge in [0.1, 0.15) is 11.5 Å². The molecule has 0 aromatic carbocycles. The van der Waals surface area contributed by atoms with E-state index >= 15 is 0 Å². The number of aromatic nitrogens is 4. The minimum absolute atomic E-state index is 0.210. The zero-order valence-corrected chi connectivity index (χ0v) is 15.4. The van der Waals surface area contributed by atoms with Crippen molar-refractivity contribution in [3.05, 3.63) is 59.1 Å². The average Bonchev–Trinajstić information content (AvgIpc) is 3.30. The van der Waals surface area contributed by atoms with E-state index in [0.717, 1.165) is 24.1 Å². The van der Waals surface area contributed by atoms with E-state index in [1.54, 1.807) is 25.4 Å². The Morgan fingerprint density at radius 1 is 1.29 bits per heavy atom. The van der Waals surface area contributed by atoms with E-state index in [1.807, 2.05) is 16.7 Å². The van der Waals surface area contributed by atoms with Crippen molar-refractivity contribution < 1.29 is 14.1 Å². The molecule has 3 aromatic heterocycles. The lowest BCUT2D eigenvalue weighted by atomic mass is 10.1. The van der Waals surface area contributed by atoms with Gasteiger partial charge in [-0.25, -0.2) is 4.98 Å². The molecule has 0 saturated heterocycles. The SMILES string of the molecule is Cc1cc(NC(=O)c2nc(C(=O)NCc3cccnc3)c3n2CCCC3)no1. The molecule has 1 aliphatic heterocycles. The van der Waals surface area contributed by atoms with Crippen molar-refractivity contribution in [2.24, 2.45) is 0 Å². The molecule has 4 heterocycles. The largest absolute Gasteiger partial charge is 0.360 e. The number of hydrogen-bond donors (Lipinski definition) is 2. The molecular weight excluding hydrogens is 360 g/mol. The first-order chi connectivity index (χ1) is 13.6. The number of carbonyl (C=O) groups excluding carboxylic acids is 2. The van der Waals surface area contributed by atoms with Crippen LogP contribution in [0.2, 0.25) is 0 Å². The fraction of sp³-hybridized carbons (Fsp3) is 0.316. The number of nitrogens with zero attached hydrogens (tertiary/aromatic N) is 4. The lowest BCUT2D eigenvalue weighted by molar-refractivity contribution is 0.0945. The molecule has 0 bridgehead atoms. The standard InChI is InChI=1S/C19H20N6O3/c1-12-9-15(24-28-12)22-19(27)17-23-16(14-6-2-3-8-25(14)17)18(26)21-11-13-5-4-7-20-10-13/h4-5,7,9-10H,2-3,6,8,11H2,1H3,(H,21,26)(H,22,24,27). The molecule has 9 heteroatoms. The summed E-state index contributed by atoms with van der Waals surface area (Å²) >= 11 is 0. The number of aryl methyl sites for hydroxylation is 1. The predicted octanol–water partition coefficient (Wildman–Crippen LogP) is 2.09. The highest BCUT2D eigenvalue weighted by Gasteiger charge is 2.27. The number of carbonyl (C=O) groups is 2. The Kier molecular flexibility index (Phi) is 4.88. The van der Waals surface area contributed by atoms with Crippen molar-refractivity contribution in [2.75, 3.05) is 5.32 Å². The minimum atomic E-state index is -0.414. The average molecular weight is 380 g/mol. The van der Waals surface area contributed by atoms with Crippen LogP contribution in [0.15, 0.2) is 35.1 Å². The van der Waals surface area contributed by atoms with E-state index in [2.05, 4.69) is 25.8 Å². The number of pyridine rings is 1. The molecule has 4 rings (SSSR count). The smallest absolute Gasteiger partial charge is 0.292 e. The molecule has 1 aliphatic rings. The van der Waals surface area contributed by atoms with Crippen LogP contribution < -0.4 is 10.6 Å². The molecule has 28 heavy (non-hydrogen) atoms. The van der Waals surface area contributed by atoms with E-state index in [4.69, 9.17) is 4.52 Å². The van der Waals surface area contributed by atoms with Gasteiger partial charge in [0.05, 0.1) is 5.69 Å². The first-order valence-corrected chi connectivity index (χ1v) is 9.13. The van der Waals surface area contributed by atoms with Gasteiger partial charge in [-0.15, -0.1) is 0 Å². The van der Waals surface area contributed by atoms with Gasteiger partial charge in [0.15, 0.2) is 11.6 Å². The summed E-state index contributed by atoms with van der Waals surface area (Å²) < 4.78 is 6.79. The van der Waals surface area contributed by atoms with Gasteiger partial charge < -0.3 is 19.7 Å². The highest BCUT2D eigenvalue weighted by atomic mass is 16.5. The third-order valence-corrected chi connectivity index (χ3v) is 4.58. The van der Waals surface area contributed by atoms with Crippen LogP contribution in [-0.4, -0.2) is 31.5 Å². The summed E-state index contributed by atoms with van der Waals surface area (Å²) in [5.74, 6) is 0.407. The zero-order valence-electron chi connectivity index (χ0n) is 15.4. The molecule has 0 spiro atoms.